The first kappa shape index (κ1) is 15.4. The van der Waals surface area contributed by atoms with E-state index in [1.54, 1.807) is 0 Å². The molecule has 0 amide bonds. The van der Waals surface area contributed by atoms with Crippen LogP contribution in [0.1, 0.15) is 23.7 Å². The standard InChI is InChI=1S/C13H17NO4S/c1-3-4-5-9-14-19(16,17)12-8-6-7-11(10-12)13(15)18-2/h3-4,6-8,10,14H,5,9H2,1-2H3/b4-3+. The summed E-state index contributed by atoms with van der Waals surface area (Å²) >= 11 is 0. The molecule has 0 aromatic heterocycles. The molecule has 0 heterocycles. The number of nitrogens with one attached hydrogen (secondary N) is 1. The Morgan fingerprint density at radius 3 is 2.79 bits per heavy atom. The van der Waals surface area contributed by atoms with E-state index < -0.39 is 16.0 Å². The normalized spacial score (nSPS) is 11.7. The van der Waals surface area contributed by atoms with Crippen LogP contribution in [0.4, 0.5) is 0 Å². The molecular weight excluding hydrogens is 266 g/mol. The lowest BCUT2D eigenvalue weighted by molar-refractivity contribution is 0.0600. The van der Waals surface area contributed by atoms with Gasteiger partial charge in [0.1, 0.15) is 0 Å². The van der Waals surface area contributed by atoms with Gasteiger partial charge in [0.25, 0.3) is 0 Å². The Labute approximate surface area is 113 Å². The molecule has 0 unspecified atom stereocenters. The van der Waals surface area contributed by atoms with Crippen LogP contribution in [0.5, 0.6) is 0 Å². The molecule has 0 saturated carbocycles. The quantitative estimate of drug-likeness (QED) is 0.490. The van der Waals surface area contributed by atoms with Crippen molar-refractivity contribution in [2.24, 2.45) is 0 Å². The summed E-state index contributed by atoms with van der Waals surface area (Å²) in [6, 6.07) is 5.74. The van der Waals surface area contributed by atoms with Gasteiger partial charge in [-0.25, -0.2) is 17.9 Å². The summed E-state index contributed by atoms with van der Waals surface area (Å²) in [4.78, 5) is 11.4. The van der Waals surface area contributed by atoms with Crippen molar-refractivity contribution in [3.8, 4) is 0 Å². The molecule has 0 spiro atoms. The van der Waals surface area contributed by atoms with E-state index in [4.69, 9.17) is 0 Å². The third-order valence-corrected chi connectivity index (χ3v) is 3.86. The Kier molecular flexibility index (Phi) is 5.72. The van der Waals surface area contributed by atoms with Gasteiger partial charge in [-0.3, -0.25) is 0 Å². The minimum absolute atomic E-state index is 0.0517. The second kappa shape index (κ2) is 7.06. The molecule has 5 nitrogen and oxygen atoms in total. The fourth-order valence-electron chi connectivity index (χ4n) is 1.43. The van der Waals surface area contributed by atoms with Crippen LogP contribution in [0, 0.1) is 0 Å². The van der Waals surface area contributed by atoms with Crippen LogP contribution in [0.15, 0.2) is 41.3 Å². The van der Waals surface area contributed by atoms with Gasteiger partial charge in [-0.05, 0) is 31.5 Å². The number of esters is 1. The summed E-state index contributed by atoms with van der Waals surface area (Å²) in [6.45, 7) is 2.18. The van der Waals surface area contributed by atoms with E-state index in [0.717, 1.165) is 0 Å². The number of carbonyl (C=O) groups is 1. The topological polar surface area (TPSA) is 72.5 Å². The number of hydrogen-bond acceptors (Lipinski definition) is 4. The molecule has 0 fully saturated rings. The molecule has 19 heavy (non-hydrogen) atoms. The van der Waals surface area contributed by atoms with Crippen molar-refractivity contribution in [2.45, 2.75) is 18.2 Å². The molecule has 1 aromatic carbocycles. The number of hydrogen-bond donors (Lipinski definition) is 1. The Morgan fingerprint density at radius 1 is 1.42 bits per heavy atom. The second-order valence-electron chi connectivity index (χ2n) is 3.77. The summed E-state index contributed by atoms with van der Waals surface area (Å²) in [5.74, 6) is -0.564. The van der Waals surface area contributed by atoms with Crippen molar-refractivity contribution in [1.82, 2.24) is 4.72 Å². The predicted molar refractivity (Wildman–Crippen MR) is 72.4 cm³/mol. The van der Waals surface area contributed by atoms with Crippen LogP contribution in [-0.2, 0) is 14.8 Å². The van der Waals surface area contributed by atoms with E-state index >= 15 is 0 Å². The maximum absolute atomic E-state index is 12.0. The zero-order chi connectivity index (χ0) is 14.3. The van der Waals surface area contributed by atoms with Gasteiger partial charge in [0.05, 0.1) is 17.6 Å². The number of benzene rings is 1. The highest BCUT2D eigenvalue weighted by Crippen LogP contribution is 2.12. The Bertz CT molecular complexity index is 564. The second-order valence-corrected chi connectivity index (χ2v) is 5.54. The van der Waals surface area contributed by atoms with Crippen molar-refractivity contribution in [3.05, 3.63) is 42.0 Å². The summed E-state index contributed by atoms with van der Waals surface area (Å²) < 4.78 is 31.0. The molecule has 0 aliphatic carbocycles. The van der Waals surface area contributed by atoms with Crippen molar-refractivity contribution in [1.29, 1.82) is 0 Å². The average Bonchev–Trinajstić information content (AvgIpc) is 2.43. The number of sulfonamides is 1. The molecule has 1 N–H and O–H groups in total. The van der Waals surface area contributed by atoms with E-state index in [1.165, 1.54) is 31.4 Å². The molecule has 0 aliphatic rings. The molecule has 0 radical (unpaired) electrons. The molecule has 0 atom stereocenters. The maximum atomic E-state index is 12.0. The van der Waals surface area contributed by atoms with Gasteiger partial charge in [0, 0.05) is 6.54 Å². The number of ether oxygens (including phenoxy) is 1. The van der Waals surface area contributed by atoms with E-state index in [9.17, 15) is 13.2 Å². The zero-order valence-electron chi connectivity index (χ0n) is 10.9. The highest BCUT2D eigenvalue weighted by molar-refractivity contribution is 7.89. The third-order valence-electron chi connectivity index (χ3n) is 2.40. The molecule has 0 bridgehead atoms. The third kappa shape index (κ3) is 4.50. The number of rotatable bonds is 6. The van der Waals surface area contributed by atoms with E-state index in [2.05, 4.69) is 9.46 Å². The van der Waals surface area contributed by atoms with Gasteiger partial charge in [0.15, 0.2) is 0 Å². The van der Waals surface area contributed by atoms with E-state index in [-0.39, 0.29) is 10.5 Å². The number of carbonyl (C=O) groups excluding carboxylic acids is 1. The van der Waals surface area contributed by atoms with Crippen molar-refractivity contribution in [2.75, 3.05) is 13.7 Å². The van der Waals surface area contributed by atoms with Crippen LogP contribution in [0.3, 0.4) is 0 Å². The SMILES string of the molecule is C/C=C/CCNS(=O)(=O)c1cccc(C(=O)OC)c1. The monoisotopic (exact) mass is 283 g/mol. The molecule has 1 aromatic rings. The van der Waals surface area contributed by atoms with Crippen LogP contribution in [-0.4, -0.2) is 28.0 Å². The maximum Gasteiger partial charge on any atom is 0.337 e. The molecule has 0 aliphatic heterocycles. The van der Waals surface area contributed by atoms with Gasteiger partial charge < -0.3 is 4.74 Å². The van der Waals surface area contributed by atoms with Gasteiger partial charge in [0.2, 0.25) is 10.0 Å². The minimum Gasteiger partial charge on any atom is -0.465 e. The first-order chi connectivity index (χ1) is 9.01. The van der Waals surface area contributed by atoms with Crippen LogP contribution >= 0.6 is 0 Å². The molecule has 1 rings (SSSR count). The first-order valence-corrected chi connectivity index (χ1v) is 7.29. The Balaban J connectivity index is 2.86. The van der Waals surface area contributed by atoms with Gasteiger partial charge in [-0.2, -0.15) is 0 Å². The lowest BCUT2D eigenvalue weighted by atomic mass is 10.2. The average molecular weight is 283 g/mol. The lowest BCUT2D eigenvalue weighted by Gasteiger charge is -2.06. The summed E-state index contributed by atoms with van der Waals surface area (Å²) in [5, 5.41) is 0. The van der Waals surface area contributed by atoms with E-state index in [0.29, 0.717) is 13.0 Å². The van der Waals surface area contributed by atoms with Crippen molar-refractivity contribution in [3.63, 3.8) is 0 Å². The molecule has 0 saturated heterocycles. The summed E-state index contributed by atoms with van der Waals surface area (Å²) in [5.41, 5.74) is 0.207. The highest BCUT2D eigenvalue weighted by Gasteiger charge is 2.15. The fraction of sp³-hybridized carbons (Fsp3) is 0.308. The summed E-state index contributed by atoms with van der Waals surface area (Å²) in [7, 11) is -2.35. The zero-order valence-corrected chi connectivity index (χ0v) is 11.7. The minimum atomic E-state index is -3.60. The largest absolute Gasteiger partial charge is 0.465 e. The fourth-order valence-corrected chi connectivity index (χ4v) is 2.53. The predicted octanol–water partition coefficient (Wildman–Crippen LogP) is 1.72. The lowest BCUT2D eigenvalue weighted by Crippen LogP contribution is -2.24. The Morgan fingerprint density at radius 2 is 2.16 bits per heavy atom. The number of methoxy groups -OCH3 is 1. The first-order valence-electron chi connectivity index (χ1n) is 5.80. The molecule has 6 heteroatoms. The van der Waals surface area contributed by atoms with Crippen molar-refractivity contribution >= 4 is 16.0 Å². The van der Waals surface area contributed by atoms with Gasteiger partial charge >= 0.3 is 5.97 Å². The van der Waals surface area contributed by atoms with Gasteiger partial charge in [-0.1, -0.05) is 18.2 Å². The Hall–Kier alpha value is -1.66. The highest BCUT2D eigenvalue weighted by atomic mass is 32.2. The van der Waals surface area contributed by atoms with Gasteiger partial charge in [-0.15, -0.1) is 0 Å². The van der Waals surface area contributed by atoms with Crippen molar-refractivity contribution < 1.29 is 17.9 Å². The van der Waals surface area contributed by atoms with Crippen LogP contribution in [0.2, 0.25) is 0 Å². The number of allylic oxidation sites excluding steroid dienone is 1. The van der Waals surface area contributed by atoms with E-state index in [1.807, 2.05) is 19.1 Å². The smallest absolute Gasteiger partial charge is 0.337 e. The van der Waals surface area contributed by atoms with Crippen LogP contribution < -0.4 is 4.72 Å². The van der Waals surface area contributed by atoms with Crippen LogP contribution in [0.25, 0.3) is 0 Å². The molecule has 104 valence electrons. The molecular formula is C13H17NO4S. The summed E-state index contributed by atoms with van der Waals surface area (Å²) in [6.07, 6.45) is 4.34.